The van der Waals surface area contributed by atoms with E-state index in [2.05, 4.69) is 84.2 Å². The van der Waals surface area contributed by atoms with Gasteiger partial charge in [-0.1, -0.05) is 127 Å². The summed E-state index contributed by atoms with van der Waals surface area (Å²) in [6.07, 6.45) is -1.17. The van der Waals surface area contributed by atoms with Crippen molar-refractivity contribution in [3.8, 4) is 22.3 Å². The highest BCUT2D eigenvalue weighted by molar-refractivity contribution is 5.90. The maximum Gasteiger partial charge on any atom is 0.407 e. The Morgan fingerprint density at radius 3 is 1.87 bits per heavy atom. The number of benzene rings is 6. The predicted molar refractivity (Wildman–Crippen MR) is 246 cm³/mol. The Balaban J connectivity index is 1.06. The van der Waals surface area contributed by atoms with Gasteiger partial charge in [-0.2, -0.15) is 0 Å². The summed E-state index contributed by atoms with van der Waals surface area (Å²) in [7, 11) is 0. The van der Waals surface area contributed by atoms with Crippen LogP contribution >= 0.6 is 0 Å². The minimum absolute atomic E-state index is 0.0234. The first-order valence-electron chi connectivity index (χ1n) is 22.0. The van der Waals surface area contributed by atoms with Crippen LogP contribution in [0, 0.1) is 0 Å². The van der Waals surface area contributed by atoms with Gasteiger partial charge in [0.2, 0.25) is 5.91 Å². The van der Waals surface area contributed by atoms with Crippen molar-refractivity contribution in [2.75, 3.05) is 26.4 Å². The van der Waals surface area contributed by atoms with Gasteiger partial charge in [-0.3, -0.25) is 9.59 Å². The van der Waals surface area contributed by atoms with Crippen LogP contribution in [0.15, 0.2) is 133 Å². The number of amides is 2. The van der Waals surface area contributed by atoms with Gasteiger partial charge in [-0.05, 0) is 114 Å². The van der Waals surface area contributed by atoms with Crippen molar-refractivity contribution in [3.05, 3.63) is 167 Å². The zero-order valence-electron chi connectivity index (χ0n) is 36.8. The third kappa shape index (κ3) is 9.70. The van der Waals surface area contributed by atoms with E-state index in [4.69, 9.17) is 18.9 Å². The lowest BCUT2D eigenvalue weighted by Gasteiger charge is -2.31. The summed E-state index contributed by atoms with van der Waals surface area (Å²) >= 11 is 0. The van der Waals surface area contributed by atoms with Crippen LogP contribution in [0.4, 0.5) is 4.79 Å². The standard InChI is InChI=1S/C54H56N2O7/c1-6-60-50(61-7-2)33-56(32-35-27-28-36-17-8-9-18-37(36)29-35)52(58)48(31-49(57)63-54(3,4)5)55-53(59)62-34-47-44-25-15-12-22-41(44)45-26-16-19-38(51(45)47)30-46-42-23-13-10-20-39(42)40-21-11-14-24-43(40)46/h8-29,46-48,50H,6-7,30-34H2,1-5H3,(H,55,59)/t47?,48-/m0/s1. The molecule has 6 aromatic rings. The highest BCUT2D eigenvalue weighted by atomic mass is 16.7. The molecule has 0 aliphatic heterocycles. The molecular formula is C54H56N2O7. The largest absolute Gasteiger partial charge is 0.460 e. The summed E-state index contributed by atoms with van der Waals surface area (Å²) in [5.41, 5.74) is 10.8. The molecule has 6 aromatic carbocycles. The maximum atomic E-state index is 14.8. The monoisotopic (exact) mass is 844 g/mol. The van der Waals surface area contributed by atoms with Crippen molar-refractivity contribution >= 4 is 28.7 Å². The number of carbonyl (C=O) groups excluding carboxylic acids is 3. The van der Waals surface area contributed by atoms with Gasteiger partial charge in [0.05, 0.1) is 13.0 Å². The Labute approximate surface area is 370 Å². The van der Waals surface area contributed by atoms with Crippen LogP contribution in [0.2, 0.25) is 0 Å². The summed E-state index contributed by atoms with van der Waals surface area (Å²) in [5, 5.41) is 4.89. The second kappa shape index (κ2) is 19.0. The number of hydrogen-bond acceptors (Lipinski definition) is 7. The van der Waals surface area contributed by atoms with Crippen molar-refractivity contribution in [2.24, 2.45) is 0 Å². The van der Waals surface area contributed by atoms with Gasteiger partial charge in [0, 0.05) is 31.6 Å². The molecule has 0 radical (unpaired) electrons. The summed E-state index contributed by atoms with van der Waals surface area (Å²) in [5.74, 6) is -1.21. The highest BCUT2D eigenvalue weighted by Gasteiger charge is 2.36. The molecule has 2 atom stereocenters. The molecule has 0 aromatic heterocycles. The van der Waals surface area contributed by atoms with Crippen LogP contribution in [0.1, 0.15) is 86.3 Å². The smallest absolute Gasteiger partial charge is 0.407 e. The average Bonchev–Trinajstić information content (AvgIpc) is 3.77. The van der Waals surface area contributed by atoms with Crippen LogP contribution in [-0.4, -0.2) is 67.2 Å². The van der Waals surface area contributed by atoms with Gasteiger partial charge >= 0.3 is 12.1 Å². The number of rotatable bonds is 16. The van der Waals surface area contributed by atoms with Crippen molar-refractivity contribution in [1.29, 1.82) is 0 Å². The predicted octanol–water partition coefficient (Wildman–Crippen LogP) is 10.6. The van der Waals surface area contributed by atoms with E-state index in [-0.39, 0.29) is 31.5 Å². The van der Waals surface area contributed by atoms with E-state index in [1.54, 1.807) is 25.7 Å². The number of nitrogens with one attached hydrogen (secondary N) is 1. The Morgan fingerprint density at radius 1 is 0.667 bits per heavy atom. The van der Waals surface area contributed by atoms with Crippen molar-refractivity contribution in [2.45, 2.75) is 83.8 Å². The fraction of sp³-hybridized carbons (Fsp3) is 0.315. The molecule has 8 rings (SSSR count). The maximum absolute atomic E-state index is 14.8. The summed E-state index contributed by atoms with van der Waals surface area (Å²) in [6, 6.07) is 44.7. The van der Waals surface area contributed by atoms with Crippen LogP contribution in [0.25, 0.3) is 33.0 Å². The zero-order valence-corrected chi connectivity index (χ0v) is 36.8. The first-order chi connectivity index (χ1) is 30.5. The molecule has 2 aliphatic rings. The first-order valence-corrected chi connectivity index (χ1v) is 22.0. The molecule has 1 unspecified atom stereocenters. The van der Waals surface area contributed by atoms with E-state index in [1.165, 1.54) is 27.8 Å². The number of ether oxygens (including phenoxy) is 4. The van der Waals surface area contributed by atoms with E-state index in [0.29, 0.717) is 13.2 Å². The average molecular weight is 845 g/mol. The molecule has 1 N–H and O–H groups in total. The minimum Gasteiger partial charge on any atom is -0.460 e. The fourth-order valence-electron chi connectivity index (χ4n) is 9.32. The third-order valence-electron chi connectivity index (χ3n) is 11.9. The number of hydrogen-bond donors (Lipinski definition) is 1. The molecule has 9 heteroatoms. The van der Waals surface area contributed by atoms with Crippen molar-refractivity contribution in [1.82, 2.24) is 10.2 Å². The van der Waals surface area contributed by atoms with E-state index in [0.717, 1.165) is 45.0 Å². The number of esters is 1. The van der Waals surface area contributed by atoms with E-state index in [1.807, 2.05) is 68.4 Å². The van der Waals surface area contributed by atoms with Gasteiger partial charge in [-0.25, -0.2) is 4.79 Å². The Morgan fingerprint density at radius 2 is 1.24 bits per heavy atom. The molecule has 63 heavy (non-hydrogen) atoms. The lowest BCUT2D eigenvalue weighted by atomic mass is 9.85. The third-order valence-corrected chi connectivity index (χ3v) is 11.9. The number of carbonyl (C=O) groups is 3. The number of fused-ring (bicyclic) bond motifs is 7. The molecule has 2 amide bonds. The van der Waals surface area contributed by atoms with Crippen molar-refractivity contribution in [3.63, 3.8) is 0 Å². The van der Waals surface area contributed by atoms with Gasteiger partial charge in [0.1, 0.15) is 18.2 Å². The van der Waals surface area contributed by atoms with Crippen LogP contribution in [-0.2, 0) is 41.5 Å². The molecule has 0 saturated carbocycles. The number of alkyl carbamates (subject to hydrolysis) is 1. The van der Waals surface area contributed by atoms with Gasteiger partial charge in [0.25, 0.3) is 0 Å². The minimum atomic E-state index is -1.31. The molecule has 0 saturated heterocycles. The summed E-state index contributed by atoms with van der Waals surface area (Å²) in [4.78, 5) is 43.9. The molecule has 0 bridgehead atoms. The molecule has 324 valence electrons. The second-order valence-corrected chi connectivity index (χ2v) is 17.3. The fourth-order valence-corrected chi connectivity index (χ4v) is 9.32. The normalized spacial score (nSPS) is 14.4. The first kappa shape index (κ1) is 43.4. The number of nitrogens with zero attached hydrogens (tertiary/aromatic N) is 1. The SMILES string of the molecule is CCOC(CN(Cc1ccc2ccccc2c1)C(=O)[C@H](CC(=O)OC(C)(C)C)NC(=O)OCC1c2ccccc2-c2cccc(CC3c4ccccc4-c4ccccc43)c21)OCC. The zero-order chi connectivity index (χ0) is 44.1. The Kier molecular flexibility index (Phi) is 13.1. The molecule has 0 fully saturated rings. The second-order valence-electron chi connectivity index (χ2n) is 17.3. The lowest BCUT2D eigenvalue weighted by molar-refractivity contribution is -0.163. The topological polar surface area (TPSA) is 103 Å². The van der Waals surface area contributed by atoms with Crippen LogP contribution < -0.4 is 5.32 Å². The molecule has 0 spiro atoms. The highest BCUT2D eigenvalue weighted by Crippen LogP contribution is 2.50. The quantitative estimate of drug-likeness (QED) is 0.0764. The van der Waals surface area contributed by atoms with Crippen LogP contribution in [0.5, 0.6) is 0 Å². The molecular weight excluding hydrogens is 789 g/mol. The lowest BCUT2D eigenvalue weighted by Crippen LogP contribution is -2.52. The van der Waals surface area contributed by atoms with E-state index < -0.39 is 42.3 Å². The summed E-state index contributed by atoms with van der Waals surface area (Å²) < 4.78 is 23.6. The Bertz CT molecular complexity index is 2560. The molecule has 0 heterocycles. The van der Waals surface area contributed by atoms with Gasteiger partial charge in [0.15, 0.2) is 6.29 Å². The Hall–Kier alpha value is -6.29. The van der Waals surface area contributed by atoms with Crippen LogP contribution in [0.3, 0.4) is 0 Å². The molecule has 2 aliphatic carbocycles. The van der Waals surface area contributed by atoms with E-state index >= 15 is 0 Å². The molecule has 9 nitrogen and oxygen atoms in total. The van der Waals surface area contributed by atoms with E-state index in [9.17, 15) is 14.4 Å². The van der Waals surface area contributed by atoms with Gasteiger partial charge < -0.3 is 29.2 Å². The summed E-state index contributed by atoms with van der Waals surface area (Å²) in [6.45, 7) is 10.0. The van der Waals surface area contributed by atoms with Crippen molar-refractivity contribution < 1.29 is 33.3 Å². The van der Waals surface area contributed by atoms with Gasteiger partial charge in [-0.15, -0.1) is 0 Å².